The van der Waals surface area contributed by atoms with Crippen molar-refractivity contribution in [1.82, 2.24) is 4.90 Å². The lowest BCUT2D eigenvalue weighted by atomic mass is 10.2. The first-order valence-corrected chi connectivity index (χ1v) is 8.92. The topological polar surface area (TPSA) is 41.9 Å². The molecule has 0 spiro atoms. The zero-order chi connectivity index (χ0) is 16.9. The molecule has 124 valence electrons. The molecular weight excluding hydrogens is 344 g/mol. The number of ether oxygens (including phenoxy) is 1. The third-order valence-electron chi connectivity index (χ3n) is 3.70. The van der Waals surface area contributed by atoms with Gasteiger partial charge in [0.2, 0.25) is 0 Å². The van der Waals surface area contributed by atoms with Gasteiger partial charge in [0.1, 0.15) is 5.75 Å². The van der Waals surface area contributed by atoms with E-state index in [0.717, 1.165) is 21.5 Å². The van der Waals surface area contributed by atoms with Gasteiger partial charge in [-0.05, 0) is 35.9 Å². The largest absolute Gasteiger partial charge is 0.497 e. The van der Waals surface area contributed by atoms with E-state index in [1.807, 2.05) is 24.3 Å². The van der Waals surface area contributed by atoms with E-state index in [4.69, 9.17) is 16.3 Å². The molecule has 1 amide bonds. The van der Waals surface area contributed by atoms with E-state index in [-0.39, 0.29) is 5.91 Å². The number of methoxy groups -OCH3 is 1. The summed E-state index contributed by atoms with van der Waals surface area (Å²) in [6, 6.07) is 14.8. The fourth-order valence-electron chi connectivity index (χ4n) is 2.39. The first-order chi connectivity index (χ1) is 11.7. The van der Waals surface area contributed by atoms with Crippen molar-refractivity contribution in [2.24, 2.45) is 4.99 Å². The first kappa shape index (κ1) is 16.9. The maximum Gasteiger partial charge on any atom is 0.259 e. The summed E-state index contributed by atoms with van der Waals surface area (Å²) in [6.45, 7) is 1.24. The van der Waals surface area contributed by atoms with Crippen LogP contribution in [0.25, 0.3) is 0 Å². The zero-order valence-electron chi connectivity index (χ0n) is 13.2. The number of carbonyl (C=O) groups is 1. The number of amidine groups is 1. The van der Waals surface area contributed by atoms with Crippen LogP contribution in [0, 0.1) is 0 Å². The lowest BCUT2D eigenvalue weighted by molar-refractivity contribution is 0.0860. The van der Waals surface area contributed by atoms with Crippen molar-refractivity contribution in [3.05, 3.63) is 64.7 Å². The standard InChI is InChI=1S/C18H17ClN2O2S/c1-23-15-8-6-13(7-9-15)17(22)21-11-10-20-18(21)24-12-14-4-2-3-5-16(14)19/h2-9H,10-12H2,1H3. The number of benzene rings is 2. The van der Waals surface area contributed by atoms with Crippen LogP contribution in [0.1, 0.15) is 15.9 Å². The molecule has 1 aliphatic rings. The average molecular weight is 361 g/mol. The maximum absolute atomic E-state index is 12.7. The molecule has 6 heteroatoms. The Morgan fingerprint density at radius 3 is 2.71 bits per heavy atom. The van der Waals surface area contributed by atoms with Crippen LogP contribution in [0.5, 0.6) is 5.75 Å². The summed E-state index contributed by atoms with van der Waals surface area (Å²) in [7, 11) is 1.60. The van der Waals surface area contributed by atoms with Gasteiger partial charge in [-0.15, -0.1) is 0 Å². The number of hydrogen-bond acceptors (Lipinski definition) is 4. The number of amides is 1. The van der Waals surface area contributed by atoms with Gasteiger partial charge in [-0.25, -0.2) is 0 Å². The fraction of sp³-hybridized carbons (Fsp3) is 0.222. The molecular formula is C18H17ClN2O2S. The highest BCUT2D eigenvalue weighted by atomic mass is 35.5. The minimum absolute atomic E-state index is 0.0411. The van der Waals surface area contributed by atoms with Crippen LogP contribution >= 0.6 is 23.4 Å². The van der Waals surface area contributed by atoms with Crippen molar-refractivity contribution in [3.63, 3.8) is 0 Å². The summed E-state index contributed by atoms with van der Waals surface area (Å²) in [4.78, 5) is 18.9. The van der Waals surface area contributed by atoms with Crippen molar-refractivity contribution in [2.45, 2.75) is 5.75 Å². The molecule has 0 unspecified atom stereocenters. The van der Waals surface area contributed by atoms with E-state index in [9.17, 15) is 4.79 Å². The van der Waals surface area contributed by atoms with Gasteiger partial charge in [-0.3, -0.25) is 14.7 Å². The van der Waals surface area contributed by atoms with Crippen LogP contribution in [-0.4, -0.2) is 36.2 Å². The number of nitrogens with zero attached hydrogens (tertiary/aromatic N) is 2. The molecule has 2 aromatic carbocycles. The Bertz CT molecular complexity index is 762. The molecule has 0 radical (unpaired) electrons. The number of halogens is 1. The molecule has 1 heterocycles. The number of carbonyl (C=O) groups excluding carboxylic acids is 1. The Labute approximate surface area is 150 Å². The summed E-state index contributed by atoms with van der Waals surface area (Å²) in [5.41, 5.74) is 1.67. The van der Waals surface area contributed by atoms with Crippen LogP contribution in [0.2, 0.25) is 5.02 Å². The van der Waals surface area contributed by atoms with Crippen molar-refractivity contribution < 1.29 is 9.53 Å². The lowest BCUT2D eigenvalue weighted by Gasteiger charge is -2.18. The normalized spacial score (nSPS) is 13.8. The molecule has 1 aliphatic heterocycles. The molecule has 24 heavy (non-hydrogen) atoms. The van der Waals surface area contributed by atoms with E-state index in [2.05, 4.69) is 4.99 Å². The molecule has 0 atom stereocenters. The minimum atomic E-state index is -0.0411. The summed E-state index contributed by atoms with van der Waals surface area (Å²) < 4.78 is 5.13. The van der Waals surface area contributed by atoms with Crippen LogP contribution in [0.4, 0.5) is 0 Å². The monoisotopic (exact) mass is 360 g/mol. The van der Waals surface area contributed by atoms with Crippen molar-refractivity contribution in [3.8, 4) is 5.75 Å². The second kappa shape index (κ2) is 7.73. The molecule has 0 N–H and O–H groups in total. The Morgan fingerprint density at radius 2 is 2.00 bits per heavy atom. The summed E-state index contributed by atoms with van der Waals surface area (Å²) in [5.74, 6) is 1.38. The van der Waals surface area contributed by atoms with Gasteiger partial charge in [0.25, 0.3) is 5.91 Å². The van der Waals surface area contributed by atoms with Crippen LogP contribution in [0.3, 0.4) is 0 Å². The number of rotatable bonds is 4. The molecule has 3 rings (SSSR count). The van der Waals surface area contributed by atoms with Crippen LogP contribution in [-0.2, 0) is 5.75 Å². The summed E-state index contributed by atoms with van der Waals surface area (Å²) in [6.07, 6.45) is 0. The molecule has 4 nitrogen and oxygen atoms in total. The third kappa shape index (κ3) is 3.74. The lowest BCUT2D eigenvalue weighted by Crippen LogP contribution is -2.32. The number of hydrogen-bond donors (Lipinski definition) is 0. The van der Waals surface area contributed by atoms with Crippen molar-refractivity contribution in [2.75, 3.05) is 20.2 Å². The Balaban J connectivity index is 1.68. The highest BCUT2D eigenvalue weighted by molar-refractivity contribution is 8.13. The van der Waals surface area contributed by atoms with E-state index in [1.54, 1.807) is 36.3 Å². The van der Waals surface area contributed by atoms with Gasteiger partial charge < -0.3 is 4.74 Å². The molecule has 0 bridgehead atoms. The van der Waals surface area contributed by atoms with E-state index >= 15 is 0 Å². The van der Waals surface area contributed by atoms with Crippen molar-refractivity contribution >= 4 is 34.4 Å². The van der Waals surface area contributed by atoms with Crippen LogP contribution in [0.15, 0.2) is 53.5 Å². The SMILES string of the molecule is COc1ccc(C(=O)N2CCN=C2SCc2ccccc2Cl)cc1. The van der Waals surface area contributed by atoms with Gasteiger partial charge in [0, 0.05) is 22.9 Å². The molecule has 0 aromatic heterocycles. The third-order valence-corrected chi connectivity index (χ3v) is 5.13. The molecule has 0 saturated carbocycles. The number of thioether (sulfide) groups is 1. The first-order valence-electron chi connectivity index (χ1n) is 7.55. The van der Waals surface area contributed by atoms with Gasteiger partial charge in [-0.1, -0.05) is 41.6 Å². The molecule has 0 saturated heterocycles. The van der Waals surface area contributed by atoms with E-state index < -0.39 is 0 Å². The Hall–Kier alpha value is -1.98. The highest BCUT2D eigenvalue weighted by Gasteiger charge is 2.25. The molecule has 0 aliphatic carbocycles. The van der Waals surface area contributed by atoms with E-state index in [0.29, 0.717) is 24.4 Å². The summed E-state index contributed by atoms with van der Waals surface area (Å²) >= 11 is 7.72. The smallest absolute Gasteiger partial charge is 0.259 e. The van der Waals surface area contributed by atoms with Gasteiger partial charge in [0.15, 0.2) is 5.17 Å². The zero-order valence-corrected chi connectivity index (χ0v) is 14.8. The second-order valence-electron chi connectivity index (χ2n) is 5.23. The van der Waals surface area contributed by atoms with Gasteiger partial charge in [-0.2, -0.15) is 0 Å². The van der Waals surface area contributed by atoms with Gasteiger partial charge >= 0.3 is 0 Å². The van der Waals surface area contributed by atoms with Gasteiger partial charge in [0.05, 0.1) is 13.7 Å². The minimum Gasteiger partial charge on any atom is -0.497 e. The summed E-state index contributed by atoms with van der Waals surface area (Å²) in [5, 5.41) is 1.48. The maximum atomic E-state index is 12.7. The van der Waals surface area contributed by atoms with Crippen LogP contribution < -0.4 is 4.74 Å². The second-order valence-corrected chi connectivity index (χ2v) is 6.58. The predicted octanol–water partition coefficient (Wildman–Crippen LogP) is 4.09. The average Bonchev–Trinajstić information content (AvgIpc) is 3.09. The fourth-order valence-corrected chi connectivity index (χ4v) is 3.72. The predicted molar refractivity (Wildman–Crippen MR) is 99.1 cm³/mol. The number of aliphatic imine (C=N–C) groups is 1. The van der Waals surface area contributed by atoms with Crippen molar-refractivity contribution in [1.29, 1.82) is 0 Å². The quantitative estimate of drug-likeness (QED) is 0.824. The Kier molecular flexibility index (Phi) is 5.43. The Morgan fingerprint density at radius 1 is 1.25 bits per heavy atom. The van der Waals surface area contributed by atoms with E-state index in [1.165, 1.54) is 11.8 Å². The molecule has 0 fully saturated rings. The molecule has 2 aromatic rings. The highest BCUT2D eigenvalue weighted by Crippen LogP contribution is 2.25.